The summed E-state index contributed by atoms with van der Waals surface area (Å²) < 4.78 is 5.80. The Bertz CT molecular complexity index is 801. The molecule has 7 heteroatoms. The summed E-state index contributed by atoms with van der Waals surface area (Å²) in [5, 5.41) is 12.2. The normalized spacial score (nSPS) is 17.6. The third kappa shape index (κ3) is 2.63. The van der Waals surface area contributed by atoms with E-state index in [0.717, 1.165) is 18.4 Å². The number of amides is 1. The van der Waals surface area contributed by atoms with E-state index in [1.807, 2.05) is 22.9 Å². The van der Waals surface area contributed by atoms with E-state index in [-0.39, 0.29) is 11.9 Å². The monoisotopic (exact) mass is 326 g/mol. The predicted molar refractivity (Wildman–Crippen MR) is 84.9 cm³/mol. The smallest absolute Gasteiger partial charge is 0.273 e. The van der Waals surface area contributed by atoms with E-state index in [1.165, 1.54) is 0 Å². The number of carbonyl (C=O) groups excluding carboxylic acids is 1. The molecule has 1 unspecified atom stereocenters. The van der Waals surface area contributed by atoms with E-state index in [4.69, 9.17) is 4.42 Å². The van der Waals surface area contributed by atoms with Gasteiger partial charge in [-0.2, -0.15) is 11.3 Å². The lowest BCUT2D eigenvalue weighted by molar-refractivity contribution is 0.0710. The molecule has 1 aliphatic rings. The maximum atomic E-state index is 12.6. The highest BCUT2D eigenvalue weighted by atomic mass is 32.1. The highest BCUT2D eigenvalue weighted by molar-refractivity contribution is 7.08. The molecule has 1 aliphatic heterocycles. The molecule has 116 valence electrons. The number of hydrogen-bond donors (Lipinski definition) is 0. The van der Waals surface area contributed by atoms with Crippen molar-refractivity contribution < 1.29 is 9.21 Å². The summed E-state index contributed by atoms with van der Waals surface area (Å²) >= 11 is 1.58. The van der Waals surface area contributed by atoms with Gasteiger partial charge in [0.05, 0.1) is 0 Å². The van der Waals surface area contributed by atoms with Crippen LogP contribution in [0.2, 0.25) is 0 Å². The lowest BCUT2D eigenvalue weighted by Crippen LogP contribution is -2.31. The number of pyridine rings is 1. The minimum atomic E-state index is -0.176. The van der Waals surface area contributed by atoms with Crippen molar-refractivity contribution in [1.29, 1.82) is 0 Å². The van der Waals surface area contributed by atoms with Crippen molar-refractivity contribution in [3.63, 3.8) is 0 Å². The topological polar surface area (TPSA) is 72.1 Å². The molecule has 0 aliphatic carbocycles. The molecule has 0 bridgehead atoms. The van der Waals surface area contributed by atoms with Crippen LogP contribution in [0.4, 0.5) is 0 Å². The van der Waals surface area contributed by atoms with E-state index in [2.05, 4.69) is 15.2 Å². The van der Waals surface area contributed by atoms with Crippen molar-refractivity contribution in [3.8, 4) is 11.5 Å². The van der Waals surface area contributed by atoms with Crippen LogP contribution in [0.1, 0.15) is 35.3 Å². The average Bonchev–Trinajstić information content (AvgIpc) is 3.34. The minimum absolute atomic E-state index is 0.0941. The summed E-state index contributed by atoms with van der Waals surface area (Å²) in [4.78, 5) is 18.6. The van der Waals surface area contributed by atoms with Crippen molar-refractivity contribution in [2.24, 2.45) is 0 Å². The largest absolute Gasteiger partial charge is 0.418 e. The standard InChI is InChI=1S/C16H14N4O2S/c21-16(12-4-1-2-7-17-12)20-8-3-5-13(20)15-19-18-14(22-15)11-6-9-23-10-11/h1-2,4,6-7,9-10,13H,3,5,8H2. The van der Waals surface area contributed by atoms with Crippen molar-refractivity contribution >= 4 is 17.2 Å². The molecular weight excluding hydrogens is 312 g/mol. The second kappa shape index (κ2) is 5.92. The maximum absolute atomic E-state index is 12.6. The van der Waals surface area contributed by atoms with E-state index in [9.17, 15) is 4.79 Å². The molecule has 0 N–H and O–H groups in total. The molecule has 4 heterocycles. The van der Waals surface area contributed by atoms with E-state index in [0.29, 0.717) is 24.0 Å². The van der Waals surface area contributed by atoms with Gasteiger partial charge in [0, 0.05) is 23.7 Å². The Balaban J connectivity index is 1.60. The van der Waals surface area contributed by atoms with Gasteiger partial charge in [-0.15, -0.1) is 10.2 Å². The van der Waals surface area contributed by atoms with E-state index in [1.54, 1.807) is 34.6 Å². The summed E-state index contributed by atoms with van der Waals surface area (Å²) in [6, 6.07) is 7.09. The van der Waals surface area contributed by atoms with Crippen LogP contribution in [-0.4, -0.2) is 32.5 Å². The Labute approximate surface area is 136 Å². The van der Waals surface area contributed by atoms with Gasteiger partial charge in [0.25, 0.3) is 5.91 Å². The van der Waals surface area contributed by atoms with Crippen molar-refractivity contribution in [2.45, 2.75) is 18.9 Å². The first-order valence-electron chi connectivity index (χ1n) is 7.41. The molecule has 6 nitrogen and oxygen atoms in total. The summed E-state index contributed by atoms with van der Waals surface area (Å²) in [6.07, 6.45) is 3.36. The number of rotatable bonds is 3. The molecule has 0 radical (unpaired) electrons. The number of nitrogens with zero attached hydrogens (tertiary/aromatic N) is 4. The van der Waals surface area contributed by atoms with Crippen LogP contribution in [0.25, 0.3) is 11.5 Å². The minimum Gasteiger partial charge on any atom is -0.418 e. The third-order valence-corrected chi connectivity index (χ3v) is 4.57. The van der Waals surface area contributed by atoms with E-state index < -0.39 is 0 Å². The fourth-order valence-corrected chi connectivity index (χ4v) is 3.40. The lowest BCUT2D eigenvalue weighted by Gasteiger charge is -2.21. The van der Waals surface area contributed by atoms with Gasteiger partial charge in [-0.05, 0) is 36.4 Å². The highest BCUT2D eigenvalue weighted by Crippen LogP contribution is 2.33. The zero-order chi connectivity index (χ0) is 15.6. The van der Waals surface area contributed by atoms with Crippen LogP contribution in [0.15, 0.2) is 45.6 Å². The van der Waals surface area contributed by atoms with Gasteiger partial charge in [0.1, 0.15) is 11.7 Å². The Morgan fingerprint density at radius 2 is 2.26 bits per heavy atom. The number of thiophene rings is 1. The molecule has 4 rings (SSSR count). The molecule has 1 saturated heterocycles. The molecular formula is C16H14N4O2S. The van der Waals surface area contributed by atoms with Gasteiger partial charge in [-0.1, -0.05) is 6.07 Å². The van der Waals surface area contributed by atoms with Crippen molar-refractivity contribution in [1.82, 2.24) is 20.1 Å². The Hall–Kier alpha value is -2.54. The van der Waals surface area contributed by atoms with Gasteiger partial charge >= 0.3 is 0 Å². The van der Waals surface area contributed by atoms with E-state index >= 15 is 0 Å². The lowest BCUT2D eigenvalue weighted by atomic mass is 10.2. The van der Waals surface area contributed by atoms with Crippen molar-refractivity contribution in [2.75, 3.05) is 6.54 Å². The first-order valence-corrected chi connectivity index (χ1v) is 8.35. The van der Waals surface area contributed by atoms with Crippen LogP contribution < -0.4 is 0 Å². The molecule has 3 aromatic rings. The van der Waals surface area contributed by atoms with Gasteiger partial charge in [0.2, 0.25) is 11.8 Å². The van der Waals surface area contributed by atoms with Crippen LogP contribution in [0, 0.1) is 0 Å². The average molecular weight is 326 g/mol. The number of hydrogen-bond acceptors (Lipinski definition) is 6. The molecule has 1 amide bonds. The molecule has 0 aromatic carbocycles. The number of likely N-dealkylation sites (tertiary alicyclic amines) is 1. The fourth-order valence-electron chi connectivity index (χ4n) is 2.77. The molecule has 1 fully saturated rings. The van der Waals surface area contributed by atoms with Gasteiger partial charge < -0.3 is 9.32 Å². The Morgan fingerprint density at radius 1 is 1.30 bits per heavy atom. The number of carbonyl (C=O) groups is 1. The molecule has 0 spiro atoms. The third-order valence-electron chi connectivity index (χ3n) is 3.89. The second-order valence-corrected chi connectivity index (χ2v) is 6.11. The highest BCUT2D eigenvalue weighted by Gasteiger charge is 2.34. The molecule has 0 saturated carbocycles. The van der Waals surface area contributed by atoms with Gasteiger partial charge in [-0.3, -0.25) is 9.78 Å². The van der Waals surface area contributed by atoms with Crippen LogP contribution >= 0.6 is 11.3 Å². The Kier molecular flexibility index (Phi) is 3.63. The quantitative estimate of drug-likeness (QED) is 0.739. The SMILES string of the molecule is O=C(c1ccccn1)N1CCCC1c1nnc(-c2ccsc2)o1. The second-order valence-electron chi connectivity index (χ2n) is 5.33. The maximum Gasteiger partial charge on any atom is 0.273 e. The Morgan fingerprint density at radius 3 is 3.04 bits per heavy atom. The fraction of sp³-hybridized carbons (Fsp3) is 0.250. The van der Waals surface area contributed by atoms with Crippen molar-refractivity contribution in [3.05, 3.63) is 52.8 Å². The summed E-state index contributed by atoms with van der Waals surface area (Å²) in [6.45, 7) is 0.677. The predicted octanol–water partition coefficient (Wildman–Crippen LogP) is 3.17. The summed E-state index contributed by atoms with van der Waals surface area (Å²) in [5.74, 6) is 0.898. The van der Waals surface area contributed by atoms with Crippen LogP contribution in [0.3, 0.4) is 0 Å². The van der Waals surface area contributed by atoms with Crippen LogP contribution in [0.5, 0.6) is 0 Å². The molecule has 23 heavy (non-hydrogen) atoms. The first kappa shape index (κ1) is 14.1. The zero-order valence-corrected chi connectivity index (χ0v) is 13.1. The molecule has 3 aromatic heterocycles. The summed E-state index contributed by atoms with van der Waals surface area (Å²) in [7, 11) is 0. The molecule has 1 atom stereocenters. The zero-order valence-electron chi connectivity index (χ0n) is 12.3. The van der Waals surface area contributed by atoms with Gasteiger partial charge in [-0.25, -0.2) is 0 Å². The van der Waals surface area contributed by atoms with Gasteiger partial charge in [0.15, 0.2) is 0 Å². The first-order chi connectivity index (χ1) is 11.3. The summed E-state index contributed by atoms with van der Waals surface area (Å²) in [5.41, 5.74) is 1.35. The number of aromatic nitrogens is 3. The van der Waals surface area contributed by atoms with Crippen LogP contribution in [-0.2, 0) is 0 Å².